The molecule has 0 aliphatic rings. The zero-order chi connectivity index (χ0) is 22.4. The third-order valence-electron chi connectivity index (χ3n) is 3.95. The molecule has 0 aliphatic carbocycles. The molecule has 1 aromatic carbocycles. The molecule has 31 heavy (non-hydrogen) atoms. The number of pyridine rings is 1. The predicted octanol–water partition coefficient (Wildman–Crippen LogP) is 4.66. The normalized spacial score (nSPS) is 11.7. The molecule has 0 saturated heterocycles. The summed E-state index contributed by atoms with van der Waals surface area (Å²) in [7, 11) is 0. The first kappa shape index (κ1) is 22.7. The van der Waals surface area contributed by atoms with Crippen LogP contribution in [0.4, 0.5) is 14.6 Å². The average Bonchev–Trinajstić information content (AvgIpc) is 3.13. The molecule has 2 heterocycles. The van der Waals surface area contributed by atoms with Crippen LogP contribution in [0.25, 0.3) is 0 Å². The molecule has 0 bridgehead atoms. The van der Waals surface area contributed by atoms with Crippen molar-refractivity contribution in [3.05, 3.63) is 71.7 Å². The summed E-state index contributed by atoms with van der Waals surface area (Å²) < 4.78 is 34.3. The number of hydrogen-bond donors (Lipinski definition) is 1. The van der Waals surface area contributed by atoms with E-state index in [1.54, 1.807) is 29.7 Å². The van der Waals surface area contributed by atoms with E-state index in [4.69, 9.17) is 16.3 Å². The van der Waals surface area contributed by atoms with Gasteiger partial charge in [-0.15, -0.1) is 16.8 Å². The van der Waals surface area contributed by atoms with Gasteiger partial charge >= 0.3 is 0 Å². The summed E-state index contributed by atoms with van der Waals surface area (Å²) in [5, 5.41) is 11.8. The fraction of sp³-hybridized carbons (Fsp3) is 0.200. The molecular formula is C20H18ClF2N5O2S. The minimum absolute atomic E-state index is 0.0570. The smallest absolute Gasteiger partial charge is 0.236 e. The number of nitrogens with one attached hydrogen (secondary N) is 1. The van der Waals surface area contributed by atoms with Gasteiger partial charge in [0.05, 0.1) is 10.8 Å². The fourth-order valence-electron chi connectivity index (χ4n) is 2.58. The van der Waals surface area contributed by atoms with Crippen molar-refractivity contribution in [3.8, 4) is 5.75 Å². The summed E-state index contributed by atoms with van der Waals surface area (Å²) in [6.45, 7) is 5.73. The third-order valence-corrected chi connectivity index (χ3v) is 5.14. The molecule has 1 amide bonds. The molecule has 3 rings (SSSR count). The van der Waals surface area contributed by atoms with Crippen molar-refractivity contribution in [1.29, 1.82) is 0 Å². The first-order valence-electron chi connectivity index (χ1n) is 9.07. The first-order valence-corrected chi connectivity index (χ1v) is 10.4. The summed E-state index contributed by atoms with van der Waals surface area (Å²) in [5.41, 5.74) is 0. The maximum atomic E-state index is 13.9. The Bertz CT molecular complexity index is 1080. The third kappa shape index (κ3) is 6.02. The van der Waals surface area contributed by atoms with Crippen LogP contribution < -0.4 is 10.1 Å². The van der Waals surface area contributed by atoms with E-state index in [1.165, 1.54) is 12.3 Å². The van der Waals surface area contributed by atoms with Crippen LogP contribution in [-0.4, -0.2) is 31.4 Å². The second-order valence-electron chi connectivity index (χ2n) is 6.27. The molecule has 2 aromatic heterocycles. The van der Waals surface area contributed by atoms with E-state index in [1.807, 2.05) is 0 Å². The van der Waals surface area contributed by atoms with Gasteiger partial charge in [-0.25, -0.2) is 13.8 Å². The van der Waals surface area contributed by atoms with E-state index in [2.05, 4.69) is 27.1 Å². The van der Waals surface area contributed by atoms with E-state index in [9.17, 15) is 13.6 Å². The van der Waals surface area contributed by atoms with Gasteiger partial charge in [-0.3, -0.25) is 9.36 Å². The Morgan fingerprint density at radius 2 is 2.16 bits per heavy atom. The highest BCUT2D eigenvalue weighted by Crippen LogP contribution is 2.27. The van der Waals surface area contributed by atoms with Crippen LogP contribution in [-0.2, 0) is 11.3 Å². The van der Waals surface area contributed by atoms with Crippen LogP contribution >= 0.6 is 23.4 Å². The Morgan fingerprint density at radius 1 is 1.35 bits per heavy atom. The van der Waals surface area contributed by atoms with Crippen molar-refractivity contribution in [2.24, 2.45) is 0 Å². The van der Waals surface area contributed by atoms with Crippen molar-refractivity contribution in [1.82, 2.24) is 19.7 Å². The number of carbonyl (C=O) groups excluding carboxylic acids is 1. The van der Waals surface area contributed by atoms with E-state index in [0.29, 0.717) is 28.4 Å². The lowest BCUT2D eigenvalue weighted by Crippen LogP contribution is -2.16. The van der Waals surface area contributed by atoms with Crippen LogP contribution in [0, 0.1) is 11.6 Å². The number of allylic oxidation sites excluding steroid dienone is 1. The molecule has 7 nitrogen and oxygen atoms in total. The number of benzene rings is 1. The van der Waals surface area contributed by atoms with Crippen LogP contribution in [0.5, 0.6) is 5.75 Å². The molecule has 1 N–H and O–H groups in total. The second-order valence-corrected chi connectivity index (χ2v) is 7.65. The van der Waals surface area contributed by atoms with Gasteiger partial charge in [0.1, 0.15) is 11.6 Å². The van der Waals surface area contributed by atoms with E-state index < -0.39 is 17.7 Å². The number of aromatic nitrogens is 4. The summed E-state index contributed by atoms with van der Waals surface area (Å²) in [5.74, 6) is -1.06. The molecule has 11 heteroatoms. The molecule has 0 spiro atoms. The summed E-state index contributed by atoms with van der Waals surface area (Å²) in [6.07, 6.45) is 2.39. The Kier molecular flexibility index (Phi) is 7.59. The Morgan fingerprint density at radius 3 is 2.84 bits per heavy atom. The SMILES string of the molecule is C=CCn1c(SCC(=O)Nc2ccc(Cl)cn2)nnc1C(C)Oc1ccc(F)cc1F. The lowest BCUT2D eigenvalue weighted by atomic mass is 10.3. The van der Waals surface area contributed by atoms with Crippen molar-refractivity contribution < 1.29 is 18.3 Å². The number of hydrogen-bond acceptors (Lipinski definition) is 6. The van der Waals surface area contributed by atoms with Gasteiger partial charge in [-0.1, -0.05) is 29.4 Å². The summed E-state index contributed by atoms with van der Waals surface area (Å²) in [4.78, 5) is 16.2. The largest absolute Gasteiger partial charge is 0.480 e. The number of nitrogens with zero attached hydrogens (tertiary/aromatic N) is 4. The van der Waals surface area contributed by atoms with E-state index >= 15 is 0 Å². The molecular weight excluding hydrogens is 448 g/mol. The molecule has 1 atom stereocenters. The average molecular weight is 466 g/mol. The zero-order valence-electron chi connectivity index (χ0n) is 16.4. The number of ether oxygens (including phenoxy) is 1. The molecule has 162 valence electrons. The fourth-order valence-corrected chi connectivity index (χ4v) is 3.45. The Balaban J connectivity index is 1.68. The highest BCUT2D eigenvalue weighted by atomic mass is 35.5. The highest BCUT2D eigenvalue weighted by Gasteiger charge is 2.21. The number of anilines is 1. The van der Waals surface area contributed by atoms with Crippen molar-refractivity contribution >= 4 is 35.1 Å². The van der Waals surface area contributed by atoms with Crippen LogP contribution in [0.3, 0.4) is 0 Å². The van der Waals surface area contributed by atoms with Crippen LogP contribution in [0.15, 0.2) is 54.3 Å². The monoisotopic (exact) mass is 465 g/mol. The second kappa shape index (κ2) is 10.4. The molecule has 0 aliphatic heterocycles. The van der Waals surface area contributed by atoms with Gasteiger partial charge in [-0.2, -0.15) is 0 Å². The number of carbonyl (C=O) groups is 1. The molecule has 1 unspecified atom stereocenters. The quantitative estimate of drug-likeness (QED) is 0.365. The van der Waals surface area contributed by atoms with Crippen molar-refractivity contribution in [2.45, 2.75) is 24.7 Å². The highest BCUT2D eigenvalue weighted by molar-refractivity contribution is 7.99. The maximum absolute atomic E-state index is 13.9. The van der Waals surface area contributed by atoms with Crippen molar-refractivity contribution in [3.63, 3.8) is 0 Å². The molecule has 0 radical (unpaired) electrons. The lowest BCUT2D eigenvalue weighted by Gasteiger charge is -2.16. The van der Waals surface area contributed by atoms with Gasteiger partial charge in [0.25, 0.3) is 0 Å². The Labute approximate surface area is 186 Å². The van der Waals surface area contributed by atoms with Crippen LogP contribution in [0.1, 0.15) is 18.9 Å². The standard InChI is InChI=1S/C20H18ClF2N5O2S/c1-3-8-28-19(12(2)30-16-6-5-14(22)9-15(16)23)26-27-20(28)31-11-18(29)25-17-7-4-13(21)10-24-17/h3-7,9-10,12H,1,8,11H2,2H3,(H,24,25,29). The maximum Gasteiger partial charge on any atom is 0.236 e. The van der Waals surface area contributed by atoms with E-state index in [-0.39, 0.29) is 17.4 Å². The topological polar surface area (TPSA) is 81.9 Å². The molecule has 3 aromatic rings. The first-order chi connectivity index (χ1) is 14.9. The Hall–Kier alpha value is -2.98. The summed E-state index contributed by atoms with van der Waals surface area (Å²) >= 11 is 6.94. The molecule has 0 saturated carbocycles. The zero-order valence-corrected chi connectivity index (χ0v) is 18.0. The predicted molar refractivity (Wildman–Crippen MR) is 114 cm³/mol. The number of amides is 1. The van der Waals surface area contributed by atoms with Gasteiger partial charge in [0.15, 0.2) is 28.7 Å². The van der Waals surface area contributed by atoms with Gasteiger partial charge in [0, 0.05) is 18.8 Å². The summed E-state index contributed by atoms with van der Waals surface area (Å²) in [6, 6.07) is 6.27. The minimum Gasteiger partial charge on any atom is -0.480 e. The van der Waals surface area contributed by atoms with Crippen LogP contribution in [0.2, 0.25) is 5.02 Å². The van der Waals surface area contributed by atoms with Crippen molar-refractivity contribution in [2.75, 3.05) is 11.1 Å². The number of thioether (sulfide) groups is 1. The van der Waals surface area contributed by atoms with E-state index in [0.717, 1.165) is 23.9 Å². The van der Waals surface area contributed by atoms with Gasteiger partial charge < -0.3 is 10.1 Å². The minimum atomic E-state index is -0.816. The number of halogens is 3. The molecule has 0 fully saturated rings. The lowest BCUT2D eigenvalue weighted by molar-refractivity contribution is -0.113. The number of rotatable bonds is 9. The van der Waals surface area contributed by atoms with Gasteiger partial charge in [0.2, 0.25) is 5.91 Å². The van der Waals surface area contributed by atoms with Gasteiger partial charge in [-0.05, 0) is 31.2 Å².